The van der Waals surface area contributed by atoms with Crippen molar-refractivity contribution in [1.82, 2.24) is 10.2 Å². The number of rotatable bonds is 5. The predicted molar refractivity (Wildman–Crippen MR) is 53.4 cm³/mol. The van der Waals surface area contributed by atoms with Gasteiger partial charge in [0.25, 0.3) is 0 Å². The first-order chi connectivity index (χ1) is 5.88. The fourth-order valence-corrected chi connectivity index (χ4v) is 2.02. The van der Waals surface area contributed by atoms with E-state index in [2.05, 4.69) is 24.2 Å². The minimum atomic E-state index is 0.821. The molecule has 1 saturated heterocycles. The van der Waals surface area contributed by atoms with Gasteiger partial charge in [-0.3, -0.25) is 4.90 Å². The summed E-state index contributed by atoms with van der Waals surface area (Å²) in [6, 6.07) is 0.821. The Morgan fingerprint density at radius 1 is 1.50 bits per heavy atom. The second-order valence-electron chi connectivity index (χ2n) is 3.74. The van der Waals surface area contributed by atoms with Gasteiger partial charge < -0.3 is 5.32 Å². The SMILES string of the molecule is CCCCN1CCC[C@H]1CNC. The average Bonchev–Trinajstić information content (AvgIpc) is 2.50. The zero-order valence-corrected chi connectivity index (χ0v) is 8.47. The van der Waals surface area contributed by atoms with Crippen molar-refractivity contribution in [2.75, 3.05) is 26.7 Å². The van der Waals surface area contributed by atoms with Crippen LogP contribution in [0.5, 0.6) is 0 Å². The highest BCUT2D eigenvalue weighted by molar-refractivity contribution is 4.79. The molecular weight excluding hydrogens is 148 g/mol. The van der Waals surface area contributed by atoms with Crippen LogP contribution in [0.15, 0.2) is 0 Å². The van der Waals surface area contributed by atoms with Gasteiger partial charge in [0.05, 0.1) is 0 Å². The second-order valence-corrected chi connectivity index (χ2v) is 3.74. The van der Waals surface area contributed by atoms with Crippen molar-refractivity contribution >= 4 is 0 Å². The molecule has 1 aliphatic rings. The van der Waals surface area contributed by atoms with Crippen LogP contribution in [0.4, 0.5) is 0 Å². The normalized spacial score (nSPS) is 25.0. The molecule has 72 valence electrons. The van der Waals surface area contributed by atoms with Crippen molar-refractivity contribution in [2.45, 2.75) is 38.6 Å². The largest absolute Gasteiger partial charge is 0.318 e. The molecule has 0 saturated carbocycles. The first-order valence-electron chi connectivity index (χ1n) is 5.27. The van der Waals surface area contributed by atoms with E-state index in [1.807, 2.05) is 0 Å². The highest BCUT2D eigenvalue weighted by atomic mass is 15.2. The molecule has 1 heterocycles. The standard InChI is InChI=1S/C10H22N2/c1-3-4-7-12-8-5-6-10(12)9-11-2/h10-11H,3-9H2,1-2H3/t10-/m0/s1. The summed E-state index contributed by atoms with van der Waals surface area (Å²) in [5.41, 5.74) is 0. The molecule has 1 fully saturated rings. The lowest BCUT2D eigenvalue weighted by molar-refractivity contribution is 0.247. The molecule has 2 heteroatoms. The third-order valence-electron chi connectivity index (χ3n) is 2.74. The molecule has 1 aliphatic heterocycles. The zero-order valence-electron chi connectivity index (χ0n) is 8.47. The molecule has 1 N–H and O–H groups in total. The highest BCUT2D eigenvalue weighted by Crippen LogP contribution is 2.16. The maximum absolute atomic E-state index is 3.27. The maximum atomic E-state index is 3.27. The summed E-state index contributed by atoms with van der Waals surface area (Å²) in [5.74, 6) is 0. The Morgan fingerprint density at radius 3 is 3.00 bits per heavy atom. The second kappa shape index (κ2) is 5.55. The molecule has 1 atom stereocenters. The van der Waals surface area contributed by atoms with Crippen molar-refractivity contribution in [2.24, 2.45) is 0 Å². The number of nitrogens with one attached hydrogen (secondary N) is 1. The van der Waals surface area contributed by atoms with Gasteiger partial charge in [0.2, 0.25) is 0 Å². The van der Waals surface area contributed by atoms with Crippen LogP contribution < -0.4 is 5.32 Å². The Labute approximate surface area is 76.3 Å². The summed E-state index contributed by atoms with van der Waals surface area (Å²) in [5, 5.41) is 3.27. The molecule has 0 amide bonds. The van der Waals surface area contributed by atoms with E-state index in [0.29, 0.717) is 0 Å². The zero-order chi connectivity index (χ0) is 8.81. The number of likely N-dealkylation sites (N-methyl/N-ethyl adjacent to an activating group) is 1. The summed E-state index contributed by atoms with van der Waals surface area (Å²) in [7, 11) is 2.05. The molecule has 0 aromatic carbocycles. The van der Waals surface area contributed by atoms with E-state index in [1.165, 1.54) is 45.3 Å². The minimum Gasteiger partial charge on any atom is -0.318 e. The van der Waals surface area contributed by atoms with Crippen LogP contribution in [0.3, 0.4) is 0 Å². The molecule has 0 aromatic rings. The molecule has 0 radical (unpaired) electrons. The van der Waals surface area contributed by atoms with Crippen molar-refractivity contribution in [3.63, 3.8) is 0 Å². The Hall–Kier alpha value is -0.0800. The maximum Gasteiger partial charge on any atom is 0.0220 e. The van der Waals surface area contributed by atoms with Gasteiger partial charge in [-0.1, -0.05) is 13.3 Å². The van der Waals surface area contributed by atoms with Crippen molar-refractivity contribution in [3.8, 4) is 0 Å². The van der Waals surface area contributed by atoms with Gasteiger partial charge in [-0.2, -0.15) is 0 Å². The molecule has 0 aliphatic carbocycles. The lowest BCUT2D eigenvalue weighted by Crippen LogP contribution is -2.37. The van der Waals surface area contributed by atoms with Gasteiger partial charge in [-0.25, -0.2) is 0 Å². The molecule has 0 spiro atoms. The van der Waals surface area contributed by atoms with E-state index < -0.39 is 0 Å². The molecule has 0 aromatic heterocycles. The summed E-state index contributed by atoms with van der Waals surface area (Å²) in [4.78, 5) is 2.64. The first kappa shape index (κ1) is 10.0. The van der Waals surface area contributed by atoms with Crippen LogP contribution in [-0.4, -0.2) is 37.6 Å². The fraction of sp³-hybridized carbons (Fsp3) is 1.00. The Bertz CT molecular complexity index is 114. The van der Waals surface area contributed by atoms with Gasteiger partial charge in [0.1, 0.15) is 0 Å². The van der Waals surface area contributed by atoms with E-state index in [0.717, 1.165) is 6.04 Å². The number of nitrogens with zero attached hydrogens (tertiary/aromatic N) is 1. The minimum absolute atomic E-state index is 0.821. The van der Waals surface area contributed by atoms with Crippen LogP contribution in [-0.2, 0) is 0 Å². The van der Waals surface area contributed by atoms with Crippen molar-refractivity contribution < 1.29 is 0 Å². The van der Waals surface area contributed by atoms with E-state index >= 15 is 0 Å². The predicted octanol–water partition coefficient (Wildman–Crippen LogP) is 1.47. The smallest absolute Gasteiger partial charge is 0.0220 e. The number of hydrogen-bond acceptors (Lipinski definition) is 2. The number of hydrogen-bond donors (Lipinski definition) is 1. The van der Waals surface area contributed by atoms with Gasteiger partial charge >= 0.3 is 0 Å². The topological polar surface area (TPSA) is 15.3 Å². The number of likely N-dealkylation sites (tertiary alicyclic amines) is 1. The first-order valence-corrected chi connectivity index (χ1v) is 5.27. The lowest BCUT2D eigenvalue weighted by Gasteiger charge is -2.23. The van der Waals surface area contributed by atoms with Crippen LogP contribution in [0.25, 0.3) is 0 Å². The van der Waals surface area contributed by atoms with Gasteiger partial charge in [-0.05, 0) is 39.4 Å². The third kappa shape index (κ3) is 2.76. The Balaban J connectivity index is 2.20. The summed E-state index contributed by atoms with van der Waals surface area (Å²) < 4.78 is 0. The molecule has 12 heavy (non-hydrogen) atoms. The van der Waals surface area contributed by atoms with Crippen LogP contribution in [0.1, 0.15) is 32.6 Å². The van der Waals surface area contributed by atoms with Gasteiger partial charge in [0, 0.05) is 12.6 Å². The van der Waals surface area contributed by atoms with E-state index in [-0.39, 0.29) is 0 Å². The third-order valence-corrected chi connectivity index (χ3v) is 2.74. The average molecular weight is 170 g/mol. The van der Waals surface area contributed by atoms with E-state index in [9.17, 15) is 0 Å². The van der Waals surface area contributed by atoms with Gasteiger partial charge in [0.15, 0.2) is 0 Å². The number of unbranched alkanes of at least 4 members (excludes halogenated alkanes) is 1. The van der Waals surface area contributed by atoms with Crippen molar-refractivity contribution in [3.05, 3.63) is 0 Å². The fourth-order valence-electron chi connectivity index (χ4n) is 2.02. The van der Waals surface area contributed by atoms with Crippen LogP contribution in [0.2, 0.25) is 0 Å². The highest BCUT2D eigenvalue weighted by Gasteiger charge is 2.22. The Kier molecular flexibility index (Phi) is 4.62. The van der Waals surface area contributed by atoms with Crippen LogP contribution in [0, 0.1) is 0 Å². The van der Waals surface area contributed by atoms with E-state index in [1.54, 1.807) is 0 Å². The lowest BCUT2D eigenvalue weighted by atomic mass is 10.2. The quantitative estimate of drug-likeness (QED) is 0.672. The molecule has 2 nitrogen and oxygen atoms in total. The summed E-state index contributed by atoms with van der Waals surface area (Å²) in [6.45, 7) is 6.07. The van der Waals surface area contributed by atoms with Crippen LogP contribution >= 0.6 is 0 Å². The Morgan fingerprint density at radius 2 is 2.33 bits per heavy atom. The monoisotopic (exact) mass is 170 g/mol. The molecule has 0 bridgehead atoms. The van der Waals surface area contributed by atoms with Crippen molar-refractivity contribution in [1.29, 1.82) is 0 Å². The summed E-state index contributed by atoms with van der Waals surface area (Å²) >= 11 is 0. The molecule has 1 rings (SSSR count). The van der Waals surface area contributed by atoms with Gasteiger partial charge in [-0.15, -0.1) is 0 Å². The molecule has 0 unspecified atom stereocenters. The summed E-state index contributed by atoms with van der Waals surface area (Å²) in [6.07, 6.45) is 5.48. The van der Waals surface area contributed by atoms with E-state index in [4.69, 9.17) is 0 Å². The molecular formula is C10H22N2.